The minimum atomic E-state index is -0.0669. The number of likely N-dealkylation sites (tertiary alicyclic amines) is 1. The Kier molecular flexibility index (Phi) is 5.40. The van der Waals surface area contributed by atoms with Crippen molar-refractivity contribution in [1.29, 1.82) is 0 Å². The van der Waals surface area contributed by atoms with Crippen LogP contribution in [0.4, 0.5) is 10.8 Å². The van der Waals surface area contributed by atoms with Crippen molar-refractivity contribution in [3.8, 4) is 0 Å². The van der Waals surface area contributed by atoms with Gasteiger partial charge in [-0.05, 0) is 18.3 Å². The summed E-state index contributed by atoms with van der Waals surface area (Å²) < 4.78 is 17.9. The first-order valence-corrected chi connectivity index (χ1v) is 13.8. The summed E-state index contributed by atoms with van der Waals surface area (Å²) in [6, 6.07) is 2.67. The van der Waals surface area contributed by atoms with Crippen molar-refractivity contribution < 1.29 is 26.2 Å². The van der Waals surface area contributed by atoms with Gasteiger partial charge in [0, 0.05) is 19.7 Å². The van der Waals surface area contributed by atoms with Crippen molar-refractivity contribution in [3.63, 3.8) is 0 Å². The average molecular weight is 562 g/mol. The second-order valence-corrected chi connectivity index (χ2v) is 11.4. The summed E-state index contributed by atoms with van der Waals surface area (Å²) in [5.41, 5.74) is 5.04. The number of nitrogens with zero attached hydrogens (tertiary/aromatic N) is 5. The topological polar surface area (TPSA) is 79.6 Å². The molecule has 3 aliphatic rings. The molecule has 8 nitrogen and oxygen atoms in total. The van der Waals surface area contributed by atoms with Gasteiger partial charge in [0.15, 0.2) is 0 Å². The molecule has 3 aromatic rings. The zero-order chi connectivity index (χ0) is 21.7. The fourth-order valence-corrected chi connectivity index (χ4v) is 6.80. The number of imidazole rings is 1. The van der Waals surface area contributed by atoms with Crippen LogP contribution in [-0.2, 0) is 11.3 Å². The third kappa shape index (κ3) is 3.82. The number of nitrogens with one attached hydrogen (secondary N) is 2. The molecular formula is C22H25IN7OS-. The van der Waals surface area contributed by atoms with Gasteiger partial charge in [0.2, 0.25) is 0 Å². The number of aromatic nitrogens is 4. The Morgan fingerprint density at radius 3 is 3.19 bits per heavy atom. The molecule has 0 bridgehead atoms. The van der Waals surface area contributed by atoms with Crippen molar-refractivity contribution in [2.24, 2.45) is 11.8 Å². The van der Waals surface area contributed by atoms with Crippen molar-refractivity contribution in [2.75, 3.05) is 25.6 Å². The van der Waals surface area contributed by atoms with E-state index in [2.05, 4.69) is 45.6 Å². The number of allylic oxidation sites excluding steroid dienone is 2. The van der Waals surface area contributed by atoms with Crippen LogP contribution in [-0.4, -0.2) is 49.9 Å². The zero-order valence-corrected chi connectivity index (χ0v) is 20.9. The Labute approximate surface area is 201 Å². The molecule has 1 saturated heterocycles. The summed E-state index contributed by atoms with van der Waals surface area (Å²) in [5, 5.41) is 4.46. The van der Waals surface area contributed by atoms with E-state index < -0.39 is 0 Å². The molecule has 3 aromatic heterocycles. The summed E-state index contributed by atoms with van der Waals surface area (Å²) in [6.45, 7) is 4.86. The number of ether oxygens (including phenoxy) is 1. The van der Waals surface area contributed by atoms with Gasteiger partial charge < -0.3 is 4.74 Å². The van der Waals surface area contributed by atoms with Crippen molar-refractivity contribution in [3.05, 3.63) is 51.9 Å². The van der Waals surface area contributed by atoms with Crippen LogP contribution in [0.15, 0.2) is 34.8 Å². The normalized spacial score (nSPS) is 24.7. The molecule has 2 aliphatic heterocycles. The van der Waals surface area contributed by atoms with E-state index in [0.717, 1.165) is 70.7 Å². The van der Waals surface area contributed by atoms with Gasteiger partial charge in [0.1, 0.15) is 0 Å². The number of hydrogen-bond donors (Lipinski definition) is 2. The Morgan fingerprint density at radius 2 is 2.34 bits per heavy atom. The van der Waals surface area contributed by atoms with Crippen molar-refractivity contribution in [2.45, 2.75) is 25.9 Å². The van der Waals surface area contributed by atoms with Crippen LogP contribution >= 0.6 is 11.5 Å². The molecule has 168 valence electrons. The summed E-state index contributed by atoms with van der Waals surface area (Å²) in [5.74, 6) is 2.43. The van der Waals surface area contributed by atoms with Gasteiger partial charge in [-0.15, -0.1) is 0 Å². The maximum atomic E-state index is 5.47. The van der Waals surface area contributed by atoms with Gasteiger partial charge >= 0.3 is 148 Å². The molecule has 32 heavy (non-hydrogen) atoms. The molecule has 3 atom stereocenters. The average Bonchev–Trinajstić information content (AvgIpc) is 3.10. The van der Waals surface area contributed by atoms with Gasteiger partial charge in [-0.2, -0.15) is 0 Å². The number of fused-ring (bicyclic) bond motifs is 2. The number of anilines is 2. The molecule has 0 radical (unpaired) electrons. The quantitative estimate of drug-likeness (QED) is 0.314. The van der Waals surface area contributed by atoms with Crippen LogP contribution in [0.1, 0.15) is 23.5 Å². The molecule has 6 rings (SSSR count). The monoisotopic (exact) mass is 562 g/mol. The van der Waals surface area contributed by atoms with E-state index in [-0.39, 0.29) is 21.5 Å². The second-order valence-electron chi connectivity index (χ2n) is 8.60. The van der Waals surface area contributed by atoms with Gasteiger partial charge in [-0.3, -0.25) is 4.90 Å². The van der Waals surface area contributed by atoms with E-state index in [1.807, 2.05) is 19.3 Å². The number of piperidine rings is 1. The van der Waals surface area contributed by atoms with Gasteiger partial charge in [0.25, 0.3) is 0 Å². The SMILES string of the molecule is COCC1[C@@H]2C[C@@H]2CN1Cc1cc(Nc2nc(C)cn3c(C4=CN[I-]C=C4)cnc23)sn1. The predicted octanol–water partition coefficient (Wildman–Crippen LogP) is 0.166. The first kappa shape index (κ1) is 20.6. The van der Waals surface area contributed by atoms with Crippen LogP contribution < -0.4 is 30.3 Å². The summed E-state index contributed by atoms with van der Waals surface area (Å²) in [7, 11) is 1.80. The molecule has 0 spiro atoms. The Morgan fingerprint density at radius 1 is 1.41 bits per heavy atom. The number of aryl methyl sites for hydroxylation is 1. The van der Waals surface area contributed by atoms with Crippen molar-refractivity contribution >= 4 is 33.6 Å². The third-order valence-corrected chi connectivity index (χ3v) is 8.53. The van der Waals surface area contributed by atoms with E-state index in [0.29, 0.717) is 6.04 Å². The number of hydrogen-bond acceptors (Lipinski definition) is 8. The maximum absolute atomic E-state index is 5.47. The van der Waals surface area contributed by atoms with Crippen LogP contribution in [0, 0.1) is 18.8 Å². The summed E-state index contributed by atoms with van der Waals surface area (Å²) in [6.07, 6.45) is 9.56. The van der Waals surface area contributed by atoms with E-state index >= 15 is 0 Å². The van der Waals surface area contributed by atoms with E-state index in [1.54, 1.807) is 7.11 Å². The fraction of sp³-hybridized carbons (Fsp3) is 0.409. The molecule has 2 N–H and O–H groups in total. The second kappa shape index (κ2) is 8.40. The van der Waals surface area contributed by atoms with E-state index in [9.17, 15) is 0 Å². The number of halogens is 1. The number of rotatable bonds is 7. The Balaban J connectivity index is 1.23. The van der Waals surface area contributed by atoms with Gasteiger partial charge in [-0.25, -0.2) is 0 Å². The van der Waals surface area contributed by atoms with Gasteiger partial charge in [-0.1, -0.05) is 0 Å². The minimum absolute atomic E-state index is 0.0669. The molecule has 0 aromatic carbocycles. The third-order valence-electron chi connectivity index (χ3n) is 6.40. The Hall–Kier alpha value is -2.02. The molecule has 10 heteroatoms. The molecule has 1 unspecified atom stereocenters. The Bertz CT molecular complexity index is 1220. The fourth-order valence-electron chi connectivity index (χ4n) is 4.85. The van der Waals surface area contributed by atoms with E-state index in [4.69, 9.17) is 14.1 Å². The van der Waals surface area contributed by atoms with Crippen LogP contribution in [0.3, 0.4) is 0 Å². The van der Waals surface area contributed by atoms with Gasteiger partial charge in [0.05, 0.1) is 6.61 Å². The molecule has 1 aliphatic carbocycles. The molecule has 1 saturated carbocycles. The van der Waals surface area contributed by atoms with Crippen LogP contribution in [0.2, 0.25) is 0 Å². The summed E-state index contributed by atoms with van der Waals surface area (Å²) in [4.78, 5) is 11.9. The first-order chi connectivity index (χ1) is 15.7. The van der Waals surface area contributed by atoms with Crippen LogP contribution in [0.5, 0.6) is 0 Å². The van der Waals surface area contributed by atoms with Crippen LogP contribution in [0.25, 0.3) is 11.2 Å². The standard InChI is InChI=1S/C22H25IN7OS/c1-13-9-30-18(14-3-4-23-25-7-14)8-24-22(30)21(26-13)27-20-6-16(28-32-20)11-29-10-15-5-17(15)19(29)12-31-2/h3-4,6-9,15,17,19,25H,5,10-12H2,1-2H3,(H,26,27)/q-1/t15-,17-,19?/m1/s1. The van der Waals surface area contributed by atoms with Crippen molar-refractivity contribution in [1.82, 2.24) is 27.2 Å². The molecule has 5 heterocycles. The predicted molar refractivity (Wildman–Crippen MR) is 121 cm³/mol. The number of methoxy groups -OCH3 is 1. The molecular weight excluding hydrogens is 537 g/mol. The molecule has 2 fully saturated rings. The summed E-state index contributed by atoms with van der Waals surface area (Å²) >= 11 is 1.41. The zero-order valence-electron chi connectivity index (χ0n) is 18.0. The van der Waals surface area contributed by atoms with E-state index in [1.165, 1.54) is 18.0 Å². The molecule has 0 amide bonds. The first-order valence-electron chi connectivity index (χ1n) is 10.7.